The number of pyridine rings is 1. The van der Waals surface area contributed by atoms with E-state index in [0.717, 1.165) is 10.9 Å². The molecule has 0 aromatic carbocycles. The molecule has 106 valence electrons. The maximum Gasteiger partial charge on any atom is 0.419 e. The van der Waals surface area contributed by atoms with Crippen LogP contribution in [0.4, 0.5) is 13.2 Å². The van der Waals surface area contributed by atoms with Crippen molar-refractivity contribution in [2.45, 2.75) is 13.1 Å². The lowest BCUT2D eigenvalue weighted by atomic mass is 10.3. The number of rotatable bonds is 3. The quantitative estimate of drug-likeness (QED) is 0.813. The summed E-state index contributed by atoms with van der Waals surface area (Å²) < 4.78 is 43.1. The minimum Gasteiger partial charge on any atom is -0.462 e. The van der Waals surface area contributed by atoms with Crippen molar-refractivity contribution >= 4 is 5.97 Å². The average Bonchev–Trinajstić information content (AvgIpc) is 2.89. The Bertz CT molecular complexity index is 605. The molecule has 2 heterocycles. The molecule has 0 aliphatic carbocycles. The Morgan fingerprint density at radius 1 is 1.35 bits per heavy atom. The monoisotopic (exact) mass is 285 g/mol. The Labute approximate surface area is 112 Å². The van der Waals surface area contributed by atoms with Crippen molar-refractivity contribution < 1.29 is 22.7 Å². The number of hydrogen-bond donors (Lipinski definition) is 0. The van der Waals surface area contributed by atoms with Crippen molar-refractivity contribution in [2.24, 2.45) is 0 Å². The number of aromatic nitrogens is 3. The van der Waals surface area contributed by atoms with Gasteiger partial charge in [-0.2, -0.15) is 18.3 Å². The van der Waals surface area contributed by atoms with Gasteiger partial charge in [-0.15, -0.1) is 0 Å². The minimum atomic E-state index is -4.46. The molecule has 20 heavy (non-hydrogen) atoms. The average molecular weight is 285 g/mol. The summed E-state index contributed by atoms with van der Waals surface area (Å²) in [5.41, 5.74) is -0.646. The fourth-order valence-electron chi connectivity index (χ4n) is 1.45. The van der Waals surface area contributed by atoms with Gasteiger partial charge >= 0.3 is 12.1 Å². The van der Waals surface area contributed by atoms with Crippen LogP contribution in [0, 0.1) is 0 Å². The molecule has 0 aliphatic heterocycles. The van der Waals surface area contributed by atoms with Crippen LogP contribution >= 0.6 is 0 Å². The molecule has 0 N–H and O–H groups in total. The van der Waals surface area contributed by atoms with Gasteiger partial charge in [0.2, 0.25) is 0 Å². The van der Waals surface area contributed by atoms with Gasteiger partial charge < -0.3 is 4.74 Å². The molecule has 0 fully saturated rings. The van der Waals surface area contributed by atoms with Crippen LogP contribution in [0.3, 0.4) is 0 Å². The fraction of sp³-hybridized carbons (Fsp3) is 0.250. The SMILES string of the molecule is CCOC(=O)c1ccc(-n2cc(C(F)(F)F)cn2)nc1. The van der Waals surface area contributed by atoms with E-state index < -0.39 is 17.7 Å². The molecule has 2 rings (SSSR count). The van der Waals surface area contributed by atoms with E-state index in [-0.39, 0.29) is 18.0 Å². The number of ether oxygens (including phenoxy) is 1. The van der Waals surface area contributed by atoms with E-state index in [1.54, 1.807) is 6.92 Å². The number of esters is 1. The molecule has 0 atom stereocenters. The van der Waals surface area contributed by atoms with Crippen molar-refractivity contribution in [3.63, 3.8) is 0 Å². The number of carbonyl (C=O) groups is 1. The number of alkyl halides is 3. The molecule has 0 spiro atoms. The first-order valence-corrected chi connectivity index (χ1v) is 5.67. The van der Waals surface area contributed by atoms with Gasteiger partial charge in [0.1, 0.15) is 0 Å². The number of carbonyl (C=O) groups excluding carboxylic acids is 1. The predicted molar refractivity (Wildman–Crippen MR) is 62.3 cm³/mol. The highest BCUT2D eigenvalue weighted by atomic mass is 19.4. The Morgan fingerprint density at radius 3 is 2.60 bits per heavy atom. The van der Waals surface area contributed by atoms with Crippen molar-refractivity contribution in [3.8, 4) is 5.82 Å². The second-order valence-corrected chi connectivity index (χ2v) is 3.80. The van der Waals surface area contributed by atoms with Crippen LogP contribution in [0.25, 0.3) is 5.82 Å². The molecule has 0 saturated carbocycles. The third kappa shape index (κ3) is 2.95. The topological polar surface area (TPSA) is 57.0 Å². The highest BCUT2D eigenvalue weighted by Gasteiger charge is 2.32. The Hall–Kier alpha value is -2.38. The molecular formula is C12H10F3N3O2. The molecular weight excluding hydrogens is 275 g/mol. The largest absolute Gasteiger partial charge is 0.462 e. The molecule has 0 bridgehead atoms. The molecule has 0 radical (unpaired) electrons. The summed E-state index contributed by atoms with van der Waals surface area (Å²) in [5.74, 6) is -0.364. The van der Waals surface area contributed by atoms with Crippen molar-refractivity contribution in [1.82, 2.24) is 14.8 Å². The molecule has 8 heteroatoms. The molecule has 0 unspecified atom stereocenters. The van der Waals surface area contributed by atoms with Crippen LogP contribution in [0.15, 0.2) is 30.7 Å². The van der Waals surface area contributed by atoms with Crippen LogP contribution in [0.2, 0.25) is 0 Å². The van der Waals surface area contributed by atoms with Crippen molar-refractivity contribution in [1.29, 1.82) is 0 Å². The third-order valence-corrected chi connectivity index (χ3v) is 2.40. The van der Waals surface area contributed by atoms with Gasteiger partial charge in [-0.3, -0.25) is 0 Å². The van der Waals surface area contributed by atoms with E-state index in [1.807, 2.05) is 0 Å². The molecule has 2 aromatic heterocycles. The van der Waals surface area contributed by atoms with E-state index in [2.05, 4.69) is 10.1 Å². The maximum atomic E-state index is 12.4. The third-order valence-electron chi connectivity index (χ3n) is 2.40. The smallest absolute Gasteiger partial charge is 0.419 e. The zero-order valence-corrected chi connectivity index (χ0v) is 10.4. The van der Waals surface area contributed by atoms with Crippen LogP contribution in [-0.4, -0.2) is 27.3 Å². The summed E-state index contributed by atoms with van der Waals surface area (Å²) in [6, 6.07) is 2.80. The van der Waals surface area contributed by atoms with Crippen LogP contribution < -0.4 is 0 Å². The van der Waals surface area contributed by atoms with Crippen molar-refractivity contribution in [2.75, 3.05) is 6.61 Å². The summed E-state index contributed by atoms with van der Waals surface area (Å²) in [4.78, 5) is 15.3. The van der Waals surface area contributed by atoms with E-state index in [1.165, 1.54) is 18.3 Å². The lowest BCUT2D eigenvalue weighted by Gasteiger charge is -2.03. The van der Waals surface area contributed by atoms with Gasteiger partial charge in [0.25, 0.3) is 0 Å². The zero-order chi connectivity index (χ0) is 14.8. The summed E-state index contributed by atoms with van der Waals surface area (Å²) in [6.07, 6.45) is -1.70. The van der Waals surface area contributed by atoms with Crippen LogP contribution in [0.5, 0.6) is 0 Å². The van der Waals surface area contributed by atoms with E-state index in [0.29, 0.717) is 6.20 Å². The fourth-order valence-corrected chi connectivity index (χ4v) is 1.45. The molecule has 5 nitrogen and oxygen atoms in total. The summed E-state index contributed by atoms with van der Waals surface area (Å²) in [7, 11) is 0. The molecule has 0 saturated heterocycles. The second kappa shape index (κ2) is 5.32. The first kappa shape index (κ1) is 14.0. The van der Waals surface area contributed by atoms with Gasteiger partial charge in [0.05, 0.1) is 23.9 Å². The Kier molecular flexibility index (Phi) is 3.73. The van der Waals surface area contributed by atoms with E-state index in [9.17, 15) is 18.0 Å². The van der Waals surface area contributed by atoms with Gasteiger partial charge in [-0.1, -0.05) is 0 Å². The normalized spacial score (nSPS) is 11.4. The van der Waals surface area contributed by atoms with Gasteiger partial charge in [-0.05, 0) is 19.1 Å². The van der Waals surface area contributed by atoms with E-state index >= 15 is 0 Å². The number of halogens is 3. The van der Waals surface area contributed by atoms with Crippen LogP contribution in [-0.2, 0) is 10.9 Å². The maximum absolute atomic E-state index is 12.4. The van der Waals surface area contributed by atoms with Gasteiger partial charge in [-0.25, -0.2) is 14.5 Å². The first-order chi connectivity index (χ1) is 9.41. The molecule has 0 amide bonds. The first-order valence-electron chi connectivity index (χ1n) is 5.67. The summed E-state index contributed by atoms with van der Waals surface area (Å²) >= 11 is 0. The van der Waals surface area contributed by atoms with Crippen molar-refractivity contribution in [3.05, 3.63) is 41.9 Å². The van der Waals surface area contributed by atoms with E-state index in [4.69, 9.17) is 4.74 Å². The highest BCUT2D eigenvalue weighted by Crippen LogP contribution is 2.28. The summed E-state index contributed by atoms with van der Waals surface area (Å²) in [6.45, 7) is 1.90. The lowest BCUT2D eigenvalue weighted by Crippen LogP contribution is -2.06. The van der Waals surface area contributed by atoms with Gasteiger partial charge in [0.15, 0.2) is 5.82 Å². The Balaban J connectivity index is 2.22. The van der Waals surface area contributed by atoms with Crippen LogP contribution in [0.1, 0.15) is 22.8 Å². The second-order valence-electron chi connectivity index (χ2n) is 3.80. The summed E-state index contributed by atoms with van der Waals surface area (Å²) in [5, 5.41) is 3.58. The standard InChI is InChI=1S/C12H10F3N3O2/c1-2-20-11(19)8-3-4-10(16-5-8)18-7-9(6-17-18)12(13,14)15/h3-7H,2H2,1H3. The Morgan fingerprint density at radius 2 is 2.10 bits per heavy atom. The number of nitrogens with zero attached hydrogens (tertiary/aromatic N) is 3. The minimum absolute atomic E-state index is 0.175. The zero-order valence-electron chi connectivity index (χ0n) is 10.4. The van der Waals surface area contributed by atoms with Gasteiger partial charge in [0, 0.05) is 12.4 Å². The predicted octanol–water partition coefficient (Wildman–Crippen LogP) is 2.46. The molecule has 2 aromatic rings. The lowest BCUT2D eigenvalue weighted by molar-refractivity contribution is -0.137. The molecule has 0 aliphatic rings. The highest BCUT2D eigenvalue weighted by molar-refractivity contribution is 5.89. The number of hydrogen-bond acceptors (Lipinski definition) is 4.